The molecule has 2 rings (SSSR count). The Hall–Kier alpha value is -0.810. The second-order valence-electron chi connectivity index (χ2n) is 6.41. The Kier molecular flexibility index (Phi) is 6.10. The van der Waals surface area contributed by atoms with E-state index in [0.717, 1.165) is 51.2 Å². The maximum absolute atomic E-state index is 11.8. The van der Waals surface area contributed by atoms with E-state index < -0.39 is 0 Å². The maximum atomic E-state index is 11.8. The molecule has 2 fully saturated rings. The molecule has 0 spiro atoms. The molecule has 116 valence electrons. The van der Waals surface area contributed by atoms with Gasteiger partial charge in [0.25, 0.3) is 0 Å². The lowest BCUT2D eigenvalue weighted by Crippen LogP contribution is -2.50. The Balaban J connectivity index is 1.60. The summed E-state index contributed by atoms with van der Waals surface area (Å²) in [5.41, 5.74) is 0. The third kappa shape index (κ3) is 4.94. The molecule has 1 aliphatic carbocycles. The molecular weight excluding hydrogens is 254 g/mol. The zero-order valence-electron chi connectivity index (χ0n) is 12.6. The van der Waals surface area contributed by atoms with Crippen LogP contribution < -0.4 is 10.6 Å². The number of hydrogen-bond donors (Lipinski definition) is 3. The lowest BCUT2D eigenvalue weighted by Gasteiger charge is -2.31. The smallest absolute Gasteiger partial charge is 0.315 e. The van der Waals surface area contributed by atoms with Crippen LogP contribution >= 0.6 is 0 Å². The number of hydrogen-bond acceptors (Lipinski definition) is 3. The fraction of sp³-hybridized carbons (Fsp3) is 0.933. The van der Waals surface area contributed by atoms with E-state index in [-0.39, 0.29) is 18.2 Å². The largest absolute Gasteiger partial charge is 0.391 e. The summed E-state index contributed by atoms with van der Waals surface area (Å²) < 4.78 is 0. The molecule has 2 aliphatic rings. The number of aliphatic hydroxyl groups excluding tert-OH is 1. The summed E-state index contributed by atoms with van der Waals surface area (Å²) in [6, 6.07) is -0.209. The number of amides is 2. The van der Waals surface area contributed by atoms with Gasteiger partial charge in [-0.05, 0) is 38.1 Å². The zero-order valence-corrected chi connectivity index (χ0v) is 12.6. The highest BCUT2D eigenvalue weighted by atomic mass is 16.3. The summed E-state index contributed by atoms with van der Waals surface area (Å²) in [7, 11) is 0. The lowest BCUT2D eigenvalue weighted by molar-refractivity contribution is 0.0941. The van der Waals surface area contributed by atoms with Crippen LogP contribution in [0.3, 0.4) is 0 Å². The van der Waals surface area contributed by atoms with Crippen molar-refractivity contribution in [3.8, 4) is 0 Å². The minimum absolute atomic E-state index is 0.0706. The van der Waals surface area contributed by atoms with Crippen molar-refractivity contribution >= 4 is 6.03 Å². The molecule has 3 N–H and O–H groups in total. The van der Waals surface area contributed by atoms with Gasteiger partial charge in [-0.3, -0.25) is 0 Å². The fourth-order valence-electron chi connectivity index (χ4n) is 3.32. The monoisotopic (exact) mass is 283 g/mol. The van der Waals surface area contributed by atoms with Crippen molar-refractivity contribution < 1.29 is 9.90 Å². The molecule has 5 nitrogen and oxygen atoms in total. The number of likely N-dealkylation sites (tertiary alicyclic amines) is 1. The van der Waals surface area contributed by atoms with Gasteiger partial charge in [-0.2, -0.15) is 0 Å². The molecule has 0 bridgehead atoms. The van der Waals surface area contributed by atoms with Gasteiger partial charge >= 0.3 is 6.03 Å². The molecule has 3 unspecified atom stereocenters. The van der Waals surface area contributed by atoms with Crippen molar-refractivity contribution in [3.05, 3.63) is 0 Å². The summed E-state index contributed by atoms with van der Waals surface area (Å²) in [5.74, 6) is 0.773. The normalized spacial score (nSPS) is 31.8. The summed E-state index contributed by atoms with van der Waals surface area (Å²) in [6.07, 6.45) is 6.06. The molecule has 2 amide bonds. The molecule has 1 heterocycles. The van der Waals surface area contributed by atoms with Crippen LogP contribution in [0.25, 0.3) is 0 Å². The first-order valence-electron chi connectivity index (χ1n) is 8.10. The van der Waals surface area contributed by atoms with Crippen LogP contribution in [0.15, 0.2) is 0 Å². The number of piperidine rings is 1. The second-order valence-corrected chi connectivity index (χ2v) is 6.41. The van der Waals surface area contributed by atoms with E-state index in [1.54, 1.807) is 0 Å². The third-order valence-electron chi connectivity index (χ3n) is 4.50. The molecular formula is C15H29N3O2. The highest BCUT2D eigenvalue weighted by Crippen LogP contribution is 2.18. The quantitative estimate of drug-likeness (QED) is 0.729. The summed E-state index contributed by atoms with van der Waals surface area (Å²) in [4.78, 5) is 14.2. The predicted octanol–water partition coefficient (Wildman–Crippen LogP) is 1.32. The lowest BCUT2D eigenvalue weighted by atomic mass is 9.93. The first kappa shape index (κ1) is 15.6. The van der Waals surface area contributed by atoms with E-state index in [0.29, 0.717) is 6.54 Å². The molecule has 0 aromatic heterocycles. The van der Waals surface area contributed by atoms with Gasteiger partial charge in [0, 0.05) is 19.6 Å². The molecule has 0 aromatic rings. The molecule has 0 radical (unpaired) electrons. The van der Waals surface area contributed by atoms with Crippen LogP contribution in [-0.4, -0.2) is 54.4 Å². The summed E-state index contributed by atoms with van der Waals surface area (Å²) in [6.45, 7) is 6.18. The highest BCUT2D eigenvalue weighted by Gasteiger charge is 2.24. The number of nitrogens with one attached hydrogen (secondary N) is 2. The van der Waals surface area contributed by atoms with Gasteiger partial charge < -0.3 is 20.6 Å². The van der Waals surface area contributed by atoms with Gasteiger partial charge in [-0.25, -0.2) is 4.79 Å². The molecule has 5 heteroatoms. The molecule has 1 aliphatic heterocycles. The average molecular weight is 283 g/mol. The molecule has 3 atom stereocenters. The molecule has 0 aromatic carbocycles. The standard InChI is InChI=1S/C15H29N3O2/c1-12-5-4-9-18(11-12)10-8-16-15(20)17-13-6-2-3-7-14(13)19/h12-14,19H,2-11H2,1H3,(H2,16,17,20). The average Bonchev–Trinajstić information content (AvgIpc) is 2.41. The van der Waals surface area contributed by atoms with Gasteiger partial charge in [0.05, 0.1) is 12.1 Å². The molecule has 1 saturated heterocycles. The second kappa shape index (κ2) is 7.84. The number of carbonyl (C=O) groups excluding carboxylic acids is 1. The van der Waals surface area contributed by atoms with Crippen LogP contribution in [0.5, 0.6) is 0 Å². The van der Waals surface area contributed by atoms with Crippen LogP contribution in [0, 0.1) is 5.92 Å². The predicted molar refractivity (Wildman–Crippen MR) is 79.6 cm³/mol. The van der Waals surface area contributed by atoms with E-state index in [9.17, 15) is 9.90 Å². The van der Waals surface area contributed by atoms with Gasteiger partial charge in [0.15, 0.2) is 0 Å². The van der Waals surface area contributed by atoms with Crippen LogP contribution in [0.1, 0.15) is 45.4 Å². The first-order valence-corrected chi connectivity index (χ1v) is 8.10. The Bertz CT molecular complexity index is 311. The van der Waals surface area contributed by atoms with E-state index in [1.807, 2.05) is 0 Å². The number of rotatable bonds is 4. The number of aliphatic hydroxyl groups is 1. The van der Waals surface area contributed by atoms with Crippen molar-refractivity contribution in [2.24, 2.45) is 5.92 Å². The molecule has 20 heavy (non-hydrogen) atoms. The summed E-state index contributed by atoms with van der Waals surface area (Å²) >= 11 is 0. The van der Waals surface area contributed by atoms with Crippen LogP contribution in [0.4, 0.5) is 4.79 Å². The van der Waals surface area contributed by atoms with Crippen molar-refractivity contribution in [2.75, 3.05) is 26.2 Å². The van der Waals surface area contributed by atoms with E-state index in [4.69, 9.17) is 0 Å². The van der Waals surface area contributed by atoms with Gasteiger partial charge in [0.1, 0.15) is 0 Å². The van der Waals surface area contributed by atoms with Crippen molar-refractivity contribution in [1.82, 2.24) is 15.5 Å². The minimum Gasteiger partial charge on any atom is -0.391 e. The minimum atomic E-state index is -0.377. The van der Waals surface area contributed by atoms with Crippen molar-refractivity contribution in [1.29, 1.82) is 0 Å². The zero-order chi connectivity index (χ0) is 14.4. The number of carbonyl (C=O) groups is 1. The Morgan fingerprint density at radius 1 is 1.25 bits per heavy atom. The summed E-state index contributed by atoms with van der Waals surface area (Å²) in [5, 5.41) is 15.6. The van der Waals surface area contributed by atoms with E-state index in [2.05, 4.69) is 22.5 Å². The Morgan fingerprint density at radius 2 is 2.05 bits per heavy atom. The van der Waals surface area contributed by atoms with Crippen molar-refractivity contribution in [3.63, 3.8) is 0 Å². The third-order valence-corrected chi connectivity index (χ3v) is 4.50. The fourth-order valence-corrected chi connectivity index (χ4v) is 3.32. The van der Waals surface area contributed by atoms with Gasteiger partial charge in [-0.1, -0.05) is 19.8 Å². The van der Waals surface area contributed by atoms with Crippen LogP contribution in [0.2, 0.25) is 0 Å². The van der Waals surface area contributed by atoms with E-state index >= 15 is 0 Å². The maximum Gasteiger partial charge on any atom is 0.315 e. The Labute approximate surface area is 122 Å². The highest BCUT2D eigenvalue weighted by molar-refractivity contribution is 5.74. The van der Waals surface area contributed by atoms with Crippen LogP contribution in [-0.2, 0) is 0 Å². The van der Waals surface area contributed by atoms with E-state index in [1.165, 1.54) is 12.8 Å². The molecule has 1 saturated carbocycles. The van der Waals surface area contributed by atoms with Gasteiger partial charge in [-0.15, -0.1) is 0 Å². The van der Waals surface area contributed by atoms with Gasteiger partial charge in [0.2, 0.25) is 0 Å². The Morgan fingerprint density at radius 3 is 2.80 bits per heavy atom. The van der Waals surface area contributed by atoms with Crippen molar-refractivity contribution in [2.45, 2.75) is 57.6 Å². The first-order chi connectivity index (χ1) is 9.65. The SMILES string of the molecule is CC1CCCN(CCNC(=O)NC2CCCCC2O)C1. The number of urea groups is 1. The number of nitrogens with zero attached hydrogens (tertiary/aromatic N) is 1. The topological polar surface area (TPSA) is 64.6 Å².